The summed E-state index contributed by atoms with van der Waals surface area (Å²) < 4.78 is 0. The summed E-state index contributed by atoms with van der Waals surface area (Å²) in [6, 6.07) is 1.47. The van der Waals surface area contributed by atoms with Crippen molar-refractivity contribution >= 4 is 11.7 Å². The Balaban J connectivity index is 1.96. The van der Waals surface area contributed by atoms with Gasteiger partial charge in [0.15, 0.2) is 0 Å². The Bertz CT molecular complexity index is 491. The van der Waals surface area contributed by atoms with Crippen LogP contribution in [0.1, 0.15) is 38.4 Å². The van der Waals surface area contributed by atoms with Crippen molar-refractivity contribution in [1.82, 2.24) is 15.3 Å². The third kappa shape index (κ3) is 3.58. The second-order valence-electron chi connectivity index (χ2n) is 4.87. The zero-order valence-corrected chi connectivity index (χ0v) is 10.6. The molecule has 98 valence electrons. The minimum Gasteiger partial charge on any atom is -0.361 e. The van der Waals surface area contributed by atoms with Gasteiger partial charge < -0.3 is 15.6 Å². The van der Waals surface area contributed by atoms with E-state index in [2.05, 4.69) is 20.6 Å². The van der Waals surface area contributed by atoms with Crippen LogP contribution in [0.3, 0.4) is 0 Å². The van der Waals surface area contributed by atoms with Crippen molar-refractivity contribution in [3.63, 3.8) is 0 Å². The number of amides is 1. The van der Waals surface area contributed by atoms with Gasteiger partial charge in [0.05, 0.1) is 6.54 Å². The Morgan fingerprint density at radius 2 is 2.28 bits per heavy atom. The van der Waals surface area contributed by atoms with E-state index in [0.29, 0.717) is 17.6 Å². The first-order valence-electron chi connectivity index (χ1n) is 6.19. The van der Waals surface area contributed by atoms with Gasteiger partial charge in [0.1, 0.15) is 11.6 Å². The number of aromatic amines is 1. The molecule has 18 heavy (non-hydrogen) atoms. The molecule has 1 aliphatic rings. The maximum atomic E-state index is 11.5. The summed E-state index contributed by atoms with van der Waals surface area (Å²) in [7, 11) is 0. The molecule has 1 aliphatic carbocycles. The van der Waals surface area contributed by atoms with Crippen LogP contribution in [0.5, 0.6) is 0 Å². The number of nitrogens with one attached hydrogen (secondary N) is 3. The fraction of sp³-hybridized carbons (Fsp3) is 0.583. The van der Waals surface area contributed by atoms with Gasteiger partial charge in [-0.3, -0.25) is 9.59 Å². The minimum atomic E-state index is -0.182. The largest absolute Gasteiger partial charge is 0.361 e. The van der Waals surface area contributed by atoms with Crippen molar-refractivity contribution in [2.75, 3.05) is 11.9 Å². The highest BCUT2D eigenvalue weighted by molar-refractivity contribution is 5.80. The quantitative estimate of drug-likeness (QED) is 0.713. The van der Waals surface area contributed by atoms with Gasteiger partial charge in [-0.25, -0.2) is 4.98 Å². The standard InChI is InChI=1S/C12H18N4O2/c1-7(2)14-11(18)6-13-9-5-10(17)16-12(15-9)8-3-4-8/h5,7-8H,3-4,6H2,1-2H3,(H,14,18)(H2,13,15,16,17). The third-order valence-electron chi connectivity index (χ3n) is 2.60. The highest BCUT2D eigenvalue weighted by atomic mass is 16.2. The van der Waals surface area contributed by atoms with Crippen LogP contribution >= 0.6 is 0 Å². The lowest BCUT2D eigenvalue weighted by atomic mass is 10.3. The van der Waals surface area contributed by atoms with Crippen LogP contribution in [0.25, 0.3) is 0 Å². The van der Waals surface area contributed by atoms with Crippen molar-refractivity contribution in [2.45, 2.75) is 38.6 Å². The lowest BCUT2D eigenvalue weighted by Crippen LogP contribution is -2.35. The number of nitrogens with zero attached hydrogens (tertiary/aromatic N) is 1. The van der Waals surface area contributed by atoms with Crippen molar-refractivity contribution < 1.29 is 4.79 Å². The first kappa shape index (κ1) is 12.6. The second kappa shape index (κ2) is 5.20. The molecule has 0 saturated heterocycles. The monoisotopic (exact) mass is 250 g/mol. The van der Waals surface area contributed by atoms with Gasteiger partial charge in [0.25, 0.3) is 5.56 Å². The fourth-order valence-corrected chi connectivity index (χ4v) is 1.66. The van der Waals surface area contributed by atoms with E-state index in [1.807, 2.05) is 13.8 Å². The predicted molar refractivity (Wildman–Crippen MR) is 68.6 cm³/mol. The molecule has 1 fully saturated rings. The molecule has 0 radical (unpaired) electrons. The van der Waals surface area contributed by atoms with E-state index in [1.165, 1.54) is 6.07 Å². The van der Waals surface area contributed by atoms with E-state index in [0.717, 1.165) is 12.8 Å². The average molecular weight is 250 g/mol. The van der Waals surface area contributed by atoms with Crippen LogP contribution in [-0.4, -0.2) is 28.5 Å². The van der Waals surface area contributed by atoms with Gasteiger partial charge in [-0.05, 0) is 26.7 Å². The highest BCUT2D eigenvalue weighted by Gasteiger charge is 2.26. The number of hydrogen-bond acceptors (Lipinski definition) is 4. The van der Waals surface area contributed by atoms with Gasteiger partial charge in [0, 0.05) is 18.0 Å². The topological polar surface area (TPSA) is 86.9 Å². The highest BCUT2D eigenvalue weighted by Crippen LogP contribution is 2.37. The molecule has 1 aromatic rings. The van der Waals surface area contributed by atoms with E-state index in [9.17, 15) is 9.59 Å². The van der Waals surface area contributed by atoms with E-state index in [1.54, 1.807) is 0 Å². The maximum Gasteiger partial charge on any atom is 0.252 e. The summed E-state index contributed by atoms with van der Waals surface area (Å²) in [6.45, 7) is 3.92. The van der Waals surface area contributed by atoms with Crippen LogP contribution in [0.15, 0.2) is 10.9 Å². The van der Waals surface area contributed by atoms with Crippen LogP contribution in [0.4, 0.5) is 5.82 Å². The molecule has 6 heteroatoms. The lowest BCUT2D eigenvalue weighted by Gasteiger charge is -2.09. The zero-order valence-electron chi connectivity index (χ0n) is 10.6. The van der Waals surface area contributed by atoms with Gasteiger partial charge in [-0.1, -0.05) is 0 Å². The van der Waals surface area contributed by atoms with Gasteiger partial charge in [0.2, 0.25) is 5.91 Å². The summed E-state index contributed by atoms with van der Waals surface area (Å²) in [6.07, 6.45) is 2.14. The molecular weight excluding hydrogens is 232 g/mol. The van der Waals surface area contributed by atoms with Crippen LogP contribution in [0.2, 0.25) is 0 Å². The van der Waals surface area contributed by atoms with Gasteiger partial charge in [-0.2, -0.15) is 0 Å². The number of hydrogen-bond donors (Lipinski definition) is 3. The number of H-pyrrole nitrogens is 1. The Morgan fingerprint density at radius 3 is 2.89 bits per heavy atom. The number of carbonyl (C=O) groups excluding carboxylic acids is 1. The van der Waals surface area contributed by atoms with E-state index < -0.39 is 0 Å². The Kier molecular flexibility index (Phi) is 3.64. The summed E-state index contributed by atoms with van der Waals surface area (Å²) >= 11 is 0. The maximum absolute atomic E-state index is 11.5. The molecule has 0 aliphatic heterocycles. The second-order valence-corrected chi connectivity index (χ2v) is 4.87. The summed E-state index contributed by atoms with van der Waals surface area (Å²) in [5.74, 6) is 1.44. The Labute approximate surface area is 105 Å². The number of carbonyl (C=O) groups is 1. The first-order chi connectivity index (χ1) is 8.54. The molecule has 1 amide bonds. The molecule has 1 saturated carbocycles. The molecule has 2 rings (SSSR count). The predicted octanol–water partition coefficient (Wildman–Crippen LogP) is 0.584. The summed E-state index contributed by atoms with van der Waals surface area (Å²) in [5.41, 5.74) is -0.182. The normalized spacial score (nSPS) is 14.6. The van der Waals surface area contributed by atoms with Crippen molar-refractivity contribution in [3.8, 4) is 0 Å². The SMILES string of the molecule is CC(C)NC(=O)CNc1cc(=O)[nH]c(C2CC2)n1. The van der Waals surface area contributed by atoms with Gasteiger partial charge in [-0.15, -0.1) is 0 Å². The lowest BCUT2D eigenvalue weighted by molar-refractivity contribution is -0.119. The Morgan fingerprint density at radius 1 is 1.56 bits per heavy atom. The smallest absolute Gasteiger partial charge is 0.252 e. The van der Waals surface area contributed by atoms with Crippen LogP contribution in [-0.2, 0) is 4.79 Å². The third-order valence-corrected chi connectivity index (χ3v) is 2.60. The van der Waals surface area contributed by atoms with Crippen molar-refractivity contribution in [2.24, 2.45) is 0 Å². The van der Waals surface area contributed by atoms with Crippen molar-refractivity contribution in [3.05, 3.63) is 22.2 Å². The van der Waals surface area contributed by atoms with Crippen LogP contribution < -0.4 is 16.2 Å². The fourth-order valence-electron chi connectivity index (χ4n) is 1.66. The number of aromatic nitrogens is 2. The van der Waals surface area contributed by atoms with E-state index in [-0.39, 0.29) is 24.1 Å². The average Bonchev–Trinajstić information content (AvgIpc) is 3.08. The molecule has 0 atom stereocenters. The molecular formula is C12H18N4O2. The molecule has 0 aromatic carbocycles. The zero-order chi connectivity index (χ0) is 13.1. The van der Waals surface area contributed by atoms with E-state index in [4.69, 9.17) is 0 Å². The Hall–Kier alpha value is -1.85. The summed E-state index contributed by atoms with van der Waals surface area (Å²) in [5, 5.41) is 5.63. The first-order valence-corrected chi connectivity index (χ1v) is 6.19. The molecule has 6 nitrogen and oxygen atoms in total. The van der Waals surface area contributed by atoms with Crippen molar-refractivity contribution in [1.29, 1.82) is 0 Å². The minimum absolute atomic E-state index is 0.105. The number of rotatable bonds is 5. The summed E-state index contributed by atoms with van der Waals surface area (Å²) in [4.78, 5) is 29.9. The molecule has 0 bridgehead atoms. The molecule has 1 heterocycles. The molecule has 0 spiro atoms. The molecule has 0 unspecified atom stereocenters. The number of anilines is 1. The van der Waals surface area contributed by atoms with Crippen LogP contribution in [0, 0.1) is 0 Å². The molecule has 3 N–H and O–H groups in total. The van der Waals surface area contributed by atoms with E-state index >= 15 is 0 Å². The van der Waals surface area contributed by atoms with Gasteiger partial charge >= 0.3 is 0 Å². The molecule has 1 aromatic heterocycles.